The maximum atomic E-state index is 11.8. The molecule has 0 radical (unpaired) electrons. The molecule has 1 fully saturated rings. The highest BCUT2D eigenvalue weighted by Gasteiger charge is 2.26. The molecule has 1 N–H and O–H groups in total. The third kappa shape index (κ3) is 3.16. The molecule has 0 spiro atoms. The van der Waals surface area contributed by atoms with Crippen LogP contribution < -0.4 is 10.4 Å². The number of hydrogen-bond donors (Lipinski definition) is 1. The number of carbonyl (C=O) groups excluding carboxylic acids is 1. The van der Waals surface area contributed by atoms with Crippen molar-refractivity contribution in [3.8, 4) is 0 Å². The van der Waals surface area contributed by atoms with E-state index in [0.29, 0.717) is 13.2 Å². The smallest absolute Gasteiger partial charge is 0.248 e. The Kier molecular flexibility index (Phi) is 4.46. The average Bonchev–Trinajstić information content (AvgIpc) is 2.46. The Morgan fingerprint density at radius 3 is 3.22 bits per heavy atom. The first-order valence-corrected chi connectivity index (χ1v) is 6.24. The van der Waals surface area contributed by atoms with Crippen molar-refractivity contribution in [3.63, 3.8) is 0 Å². The van der Waals surface area contributed by atoms with Crippen molar-refractivity contribution in [1.29, 1.82) is 0 Å². The Hall–Kier alpha value is -1.69. The van der Waals surface area contributed by atoms with E-state index >= 15 is 0 Å². The number of aromatic nitrogens is 2. The second-order valence-electron chi connectivity index (χ2n) is 4.25. The van der Waals surface area contributed by atoms with Crippen LogP contribution in [0.1, 0.15) is 19.8 Å². The van der Waals surface area contributed by atoms with Crippen LogP contribution in [0.4, 0.5) is 5.82 Å². The lowest BCUT2D eigenvalue weighted by molar-refractivity contribution is -0.137. The maximum absolute atomic E-state index is 11.8. The summed E-state index contributed by atoms with van der Waals surface area (Å²) in [6.07, 6.45) is 6.89. The summed E-state index contributed by atoms with van der Waals surface area (Å²) in [5, 5.41) is 0. The minimum absolute atomic E-state index is 0.0488. The lowest BCUT2D eigenvalue weighted by atomic mass is 9.97. The van der Waals surface area contributed by atoms with Crippen LogP contribution in [0.25, 0.3) is 0 Å². The molecular formula is C12H18N4O2. The summed E-state index contributed by atoms with van der Waals surface area (Å²) in [7, 11) is 0. The van der Waals surface area contributed by atoms with Crippen molar-refractivity contribution in [2.75, 3.05) is 24.6 Å². The van der Waals surface area contributed by atoms with Crippen molar-refractivity contribution < 1.29 is 9.63 Å². The van der Waals surface area contributed by atoms with Gasteiger partial charge >= 0.3 is 0 Å². The van der Waals surface area contributed by atoms with Gasteiger partial charge < -0.3 is 4.90 Å². The zero-order valence-electron chi connectivity index (χ0n) is 10.5. The zero-order valence-corrected chi connectivity index (χ0v) is 10.5. The monoisotopic (exact) mass is 250 g/mol. The normalized spacial score (nSPS) is 19.6. The summed E-state index contributed by atoms with van der Waals surface area (Å²) in [6, 6.07) is 0. The Balaban J connectivity index is 1.94. The summed E-state index contributed by atoms with van der Waals surface area (Å²) in [4.78, 5) is 27.2. The van der Waals surface area contributed by atoms with Gasteiger partial charge in [0, 0.05) is 25.5 Å². The minimum atomic E-state index is -0.0505. The fourth-order valence-electron chi connectivity index (χ4n) is 2.08. The van der Waals surface area contributed by atoms with Gasteiger partial charge in [-0.1, -0.05) is 0 Å². The number of amides is 1. The van der Waals surface area contributed by atoms with E-state index in [1.165, 1.54) is 0 Å². The molecule has 1 unspecified atom stereocenters. The van der Waals surface area contributed by atoms with Gasteiger partial charge in [0.25, 0.3) is 0 Å². The number of rotatable bonds is 4. The van der Waals surface area contributed by atoms with Crippen LogP contribution in [-0.2, 0) is 9.63 Å². The van der Waals surface area contributed by atoms with Crippen LogP contribution in [0.2, 0.25) is 0 Å². The fourth-order valence-corrected chi connectivity index (χ4v) is 2.08. The van der Waals surface area contributed by atoms with E-state index in [0.717, 1.165) is 25.2 Å². The van der Waals surface area contributed by atoms with Crippen LogP contribution in [0.15, 0.2) is 18.6 Å². The van der Waals surface area contributed by atoms with Crippen LogP contribution in [0, 0.1) is 5.92 Å². The van der Waals surface area contributed by atoms with Gasteiger partial charge in [0.2, 0.25) is 5.91 Å². The molecule has 18 heavy (non-hydrogen) atoms. The highest BCUT2D eigenvalue weighted by molar-refractivity contribution is 5.78. The number of anilines is 1. The third-order valence-electron chi connectivity index (χ3n) is 2.98. The lowest BCUT2D eigenvalue weighted by Gasteiger charge is -2.32. The number of hydrogen-bond acceptors (Lipinski definition) is 5. The van der Waals surface area contributed by atoms with Gasteiger partial charge in [0.05, 0.1) is 18.7 Å². The zero-order chi connectivity index (χ0) is 12.8. The van der Waals surface area contributed by atoms with Crippen LogP contribution in [0.5, 0.6) is 0 Å². The number of nitrogens with one attached hydrogen (secondary N) is 1. The molecule has 1 aromatic heterocycles. The van der Waals surface area contributed by atoms with Crippen LogP contribution in [-0.4, -0.2) is 35.6 Å². The molecule has 1 atom stereocenters. The third-order valence-corrected chi connectivity index (χ3v) is 2.98. The molecule has 98 valence electrons. The summed E-state index contributed by atoms with van der Waals surface area (Å²) in [5.74, 6) is 0.726. The number of hydroxylamine groups is 1. The largest absolute Gasteiger partial charge is 0.355 e. The summed E-state index contributed by atoms with van der Waals surface area (Å²) < 4.78 is 0. The second kappa shape index (κ2) is 6.30. The fraction of sp³-hybridized carbons (Fsp3) is 0.583. The Morgan fingerprint density at radius 1 is 1.61 bits per heavy atom. The van der Waals surface area contributed by atoms with Crippen molar-refractivity contribution in [2.24, 2.45) is 5.92 Å². The molecule has 0 aliphatic carbocycles. The number of nitrogens with zero attached hydrogens (tertiary/aromatic N) is 3. The molecule has 0 bridgehead atoms. The average molecular weight is 250 g/mol. The highest BCUT2D eigenvalue weighted by Crippen LogP contribution is 2.20. The summed E-state index contributed by atoms with van der Waals surface area (Å²) in [5.41, 5.74) is 2.47. The predicted molar refractivity (Wildman–Crippen MR) is 66.7 cm³/mol. The van der Waals surface area contributed by atoms with E-state index < -0.39 is 0 Å². The van der Waals surface area contributed by atoms with Gasteiger partial charge in [0.1, 0.15) is 5.82 Å². The highest BCUT2D eigenvalue weighted by atomic mass is 16.6. The summed E-state index contributed by atoms with van der Waals surface area (Å²) >= 11 is 0. The van der Waals surface area contributed by atoms with Crippen LogP contribution in [0.3, 0.4) is 0 Å². The molecule has 0 aromatic carbocycles. The lowest BCUT2D eigenvalue weighted by Crippen LogP contribution is -2.43. The van der Waals surface area contributed by atoms with E-state index in [4.69, 9.17) is 4.84 Å². The first-order chi connectivity index (χ1) is 8.81. The molecule has 6 nitrogen and oxygen atoms in total. The molecule has 2 heterocycles. The standard InChI is InChI=1S/C12H18N4O2/c1-2-18-15-12(17)10-4-3-7-16(9-10)11-8-13-5-6-14-11/h5-6,8,10H,2-4,7,9H2,1H3,(H,15,17). The first kappa shape index (κ1) is 12.8. The van der Waals surface area contributed by atoms with Crippen LogP contribution >= 0.6 is 0 Å². The van der Waals surface area contributed by atoms with Gasteiger partial charge in [-0.3, -0.25) is 14.6 Å². The van der Waals surface area contributed by atoms with Crippen molar-refractivity contribution in [3.05, 3.63) is 18.6 Å². The molecule has 1 saturated heterocycles. The van der Waals surface area contributed by atoms with Gasteiger partial charge in [-0.05, 0) is 19.8 Å². The van der Waals surface area contributed by atoms with Gasteiger partial charge in [-0.2, -0.15) is 0 Å². The maximum Gasteiger partial charge on any atom is 0.248 e. The second-order valence-corrected chi connectivity index (χ2v) is 4.25. The van der Waals surface area contributed by atoms with E-state index in [-0.39, 0.29) is 11.8 Å². The van der Waals surface area contributed by atoms with Crippen molar-refractivity contribution in [2.45, 2.75) is 19.8 Å². The van der Waals surface area contributed by atoms with E-state index in [1.54, 1.807) is 18.6 Å². The molecule has 6 heteroatoms. The number of carbonyl (C=O) groups is 1. The molecule has 0 saturated carbocycles. The van der Waals surface area contributed by atoms with Crippen molar-refractivity contribution in [1.82, 2.24) is 15.4 Å². The topological polar surface area (TPSA) is 67.3 Å². The Morgan fingerprint density at radius 2 is 2.50 bits per heavy atom. The molecule has 2 rings (SSSR count). The van der Waals surface area contributed by atoms with E-state index in [2.05, 4.69) is 20.3 Å². The molecule has 1 aromatic rings. The quantitative estimate of drug-likeness (QED) is 0.799. The predicted octanol–water partition coefficient (Wildman–Crippen LogP) is 0.761. The first-order valence-electron chi connectivity index (χ1n) is 6.24. The van der Waals surface area contributed by atoms with Gasteiger partial charge in [-0.25, -0.2) is 10.5 Å². The van der Waals surface area contributed by atoms with Gasteiger partial charge in [-0.15, -0.1) is 0 Å². The Labute approximate surface area is 106 Å². The minimum Gasteiger partial charge on any atom is -0.355 e. The van der Waals surface area contributed by atoms with Gasteiger partial charge in [0.15, 0.2) is 0 Å². The molecule has 1 aliphatic rings. The SMILES string of the molecule is CCONC(=O)C1CCCN(c2cnccn2)C1. The molecule has 1 amide bonds. The number of piperidine rings is 1. The van der Waals surface area contributed by atoms with E-state index in [9.17, 15) is 4.79 Å². The molecular weight excluding hydrogens is 232 g/mol. The Bertz CT molecular complexity index is 385. The van der Waals surface area contributed by atoms with Crippen molar-refractivity contribution >= 4 is 11.7 Å². The molecule has 1 aliphatic heterocycles. The summed E-state index contributed by atoms with van der Waals surface area (Å²) in [6.45, 7) is 3.90. The van der Waals surface area contributed by atoms with E-state index in [1.807, 2.05) is 6.92 Å².